The highest BCUT2D eigenvalue weighted by Crippen LogP contribution is 2.35. The molecule has 0 spiro atoms. The zero-order valence-electron chi connectivity index (χ0n) is 16.1. The van der Waals surface area contributed by atoms with E-state index in [9.17, 15) is 14.4 Å². The number of hydrogen-bond acceptors (Lipinski definition) is 6. The largest absolute Gasteiger partial charge is 0.278 e. The molecule has 1 aromatic carbocycles. The number of carbonyl (C=O) groups is 2. The quantitative estimate of drug-likeness (QED) is 0.620. The van der Waals surface area contributed by atoms with Crippen molar-refractivity contribution in [3.8, 4) is 0 Å². The van der Waals surface area contributed by atoms with Gasteiger partial charge in [0.1, 0.15) is 0 Å². The molecule has 0 fully saturated rings. The van der Waals surface area contributed by atoms with Crippen LogP contribution in [0, 0.1) is 5.92 Å². The van der Waals surface area contributed by atoms with E-state index in [-0.39, 0.29) is 23.9 Å². The summed E-state index contributed by atoms with van der Waals surface area (Å²) < 4.78 is 1.37. The SMILES string of the molecule is CC1CCc2c(sc3nnn(CCCN4C(=O)c5ccccc5C4=O)c(=O)c23)C1. The number of aromatic nitrogens is 3. The van der Waals surface area contributed by atoms with E-state index in [4.69, 9.17) is 0 Å². The Morgan fingerprint density at radius 1 is 1.10 bits per heavy atom. The fourth-order valence-corrected chi connectivity index (χ4v) is 5.58. The number of fused-ring (bicyclic) bond motifs is 4. The van der Waals surface area contributed by atoms with Crippen LogP contribution in [0.25, 0.3) is 10.2 Å². The second kappa shape index (κ2) is 6.88. The van der Waals surface area contributed by atoms with Gasteiger partial charge >= 0.3 is 0 Å². The molecule has 5 rings (SSSR count). The lowest BCUT2D eigenvalue weighted by Crippen LogP contribution is -2.32. The van der Waals surface area contributed by atoms with Gasteiger partial charge in [-0.2, -0.15) is 0 Å². The Morgan fingerprint density at radius 3 is 2.55 bits per heavy atom. The average Bonchev–Trinajstić information content (AvgIpc) is 3.20. The summed E-state index contributed by atoms with van der Waals surface area (Å²) in [6, 6.07) is 6.83. The molecule has 0 N–H and O–H groups in total. The molecule has 0 radical (unpaired) electrons. The zero-order chi connectivity index (χ0) is 20.1. The molecule has 2 aliphatic rings. The number of imide groups is 1. The lowest BCUT2D eigenvalue weighted by Gasteiger charge is -2.17. The van der Waals surface area contributed by atoms with Gasteiger partial charge in [0, 0.05) is 18.0 Å². The molecule has 8 heteroatoms. The lowest BCUT2D eigenvalue weighted by molar-refractivity contribution is 0.0650. The van der Waals surface area contributed by atoms with E-state index in [1.165, 1.54) is 14.5 Å². The van der Waals surface area contributed by atoms with Crippen molar-refractivity contribution in [1.82, 2.24) is 19.9 Å². The molecule has 0 bridgehead atoms. The fourth-order valence-electron chi connectivity index (χ4n) is 4.26. The molecule has 1 aliphatic heterocycles. The van der Waals surface area contributed by atoms with Crippen molar-refractivity contribution in [2.45, 2.75) is 39.2 Å². The van der Waals surface area contributed by atoms with Crippen molar-refractivity contribution >= 4 is 33.4 Å². The van der Waals surface area contributed by atoms with Gasteiger partial charge in [0.05, 0.1) is 16.5 Å². The average molecular weight is 408 g/mol. The Balaban J connectivity index is 1.34. The van der Waals surface area contributed by atoms with E-state index < -0.39 is 0 Å². The third-order valence-corrected chi connectivity index (χ3v) is 6.95. The Labute approximate surface area is 170 Å². The van der Waals surface area contributed by atoms with Crippen molar-refractivity contribution in [2.24, 2.45) is 5.92 Å². The minimum atomic E-state index is -0.277. The standard InChI is InChI=1S/C21H20N4O3S/c1-12-7-8-15-16(11-12)29-18-17(15)21(28)25(23-22-18)10-4-9-24-19(26)13-5-2-3-6-14(13)20(24)27/h2-3,5-6,12H,4,7-11H2,1H3. The summed E-state index contributed by atoms with van der Waals surface area (Å²) >= 11 is 1.58. The van der Waals surface area contributed by atoms with Gasteiger partial charge in [-0.1, -0.05) is 24.3 Å². The summed E-state index contributed by atoms with van der Waals surface area (Å²) in [4.78, 5) is 41.1. The maximum absolute atomic E-state index is 13.0. The molecule has 148 valence electrons. The minimum Gasteiger partial charge on any atom is -0.274 e. The maximum Gasteiger partial charge on any atom is 0.278 e. The first-order chi connectivity index (χ1) is 14.0. The van der Waals surface area contributed by atoms with Gasteiger partial charge in [-0.05, 0) is 49.3 Å². The van der Waals surface area contributed by atoms with Crippen molar-refractivity contribution in [3.05, 3.63) is 56.2 Å². The number of benzene rings is 1. The van der Waals surface area contributed by atoms with Gasteiger partial charge in [0.25, 0.3) is 17.4 Å². The van der Waals surface area contributed by atoms with Crippen LogP contribution in [0.4, 0.5) is 0 Å². The van der Waals surface area contributed by atoms with E-state index in [0.717, 1.165) is 24.8 Å². The van der Waals surface area contributed by atoms with Crippen LogP contribution in [0.1, 0.15) is 50.9 Å². The lowest BCUT2D eigenvalue weighted by atomic mass is 9.89. The Hall–Kier alpha value is -2.87. The topological polar surface area (TPSA) is 85.2 Å². The van der Waals surface area contributed by atoms with Crippen LogP contribution in [-0.2, 0) is 19.4 Å². The number of aryl methyl sites for hydroxylation is 2. The van der Waals surface area contributed by atoms with Crippen LogP contribution in [0.2, 0.25) is 0 Å². The smallest absolute Gasteiger partial charge is 0.274 e. The zero-order valence-corrected chi connectivity index (χ0v) is 16.9. The minimum absolute atomic E-state index is 0.121. The predicted molar refractivity (Wildman–Crippen MR) is 109 cm³/mol. The van der Waals surface area contributed by atoms with Crippen molar-refractivity contribution in [1.29, 1.82) is 0 Å². The summed E-state index contributed by atoms with van der Waals surface area (Å²) in [6.45, 7) is 2.80. The summed E-state index contributed by atoms with van der Waals surface area (Å²) in [5.74, 6) is 0.0754. The van der Waals surface area contributed by atoms with Crippen LogP contribution in [-0.4, -0.2) is 38.3 Å². The predicted octanol–water partition coefficient (Wildman–Crippen LogP) is 2.66. The molecular formula is C21H20N4O3S. The van der Waals surface area contributed by atoms with E-state index >= 15 is 0 Å². The fraction of sp³-hybridized carbons (Fsp3) is 0.381. The Bertz CT molecular complexity index is 1180. The first-order valence-corrected chi connectivity index (χ1v) is 10.7. The molecule has 7 nitrogen and oxygen atoms in total. The molecular weight excluding hydrogens is 388 g/mol. The summed E-state index contributed by atoms with van der Waals surface area (Å²) in [5, 5.41) is 9.06. The van der Waals surface area contributed by atoms with Crippen molar-refractivity contribution in [2.75, 3.05) is 6.54 Å². The van der Waals surface area contributed by atoms with Crippen molar-refractivity contribution in [3.63, 3.8) is 0 Å². The molecule has 1 aliphatic carbocycles. The number of rotatable bonds is 4. The number of thiophene rings is 1. The second-order valence-electron chi connectivity index (χ2n) is 7.81. The molecule has 1 unspecified atom stereocenters. The monoisotopic (exact) mass is 408 g/mol. The van der Waals surface area contributed by atoms with Gasteiger partial charge in [-0.3, -0.25) is 19.3 Å². The highest BCUT2D eigenvalue weighted by Gasteiger charge is 2.34. The summed E-state index contributed by atoms with van der Waals surface area (Å²) in [5.41, 5.74) is 1.89. The molecule has 29 heavy (non-hydrogen) atoms. The molecule has 3 heterocycles. The number of nitrogens with zero attached hydrogens (tertiary/aromatic N) is 4. The Kier molecular flexibility index (Phi) is 4.31. The van der Waals surface area contributed by atoms with Gasteiger partial charge < -0.3 is 0 Å². The molecule has 3 aromatic rings. The normalized spacial score (nSPS) is 18.4. The molecule has 1 atom stereocenters. The van der Waals surface area contributed by atoms with E-state index in [1.54, 1.807) is 35.6 Å². The van der Waals surface area contributed by atoms with Gasteiger partial charge in [0.15, 0.2) is 4.83 Å². The second-order valence-corrected chi connectivity index (χ2v) is 8.89. The third kappa shape index (κ3) is 2.90. The Morgan fingerprint density at radius 2 is 1.83 bits per heavy atom. The molecule has 0 saturated heterocycles. The van der Waals surface area contributed by atoms with Crippen LogP contribution >= 0.6 is 11.3 Å². The highest BCUT2D eigenvalue weighted by atomic mass is 32.1. The van der Waals surface area contributed by atoms with E-state index in [1.807, 2.05) is 0 Å². The van der Waals surface area contributed by atoms with Crippen molar-refractivity contribution < 1.29 is 9.59 Å². The first-order valence-electron chi connectivity index (χ1n) is 9.88. The van der Waals surface area contributed by atoms with Crippen LogP contribution in [0.3, 0.4) is 0 Å². The summed E-state index contributed by atoms with van der Waals surface area (Å²) in [6.07, 6.45) is 3.44. The molecule has 2 amide bonds. The van der Waals surface area contributed by atoms with Gasteiger partial charge in [-0.25, -0.2) is 4.68 Å². The number of amides is 2. The first kappa shape index (κ1) is 18.2. The maximum atomic E-state index is 13.0. The highest BCUT2D eigenvalue weighted by molar-refractivity contribution is 7.18. The summed E-state index contributed by atoms with van der Waals surface area (Å²) in [7, 11) is 0. The number of hydrogen-bond donors (Lipinski definition) is 0. The van der Waals surface area contributed by atoms with Gasteiger partial charge in [-0.15, -0.1) is 16.4 Å². The van der Waals surface area contributed by atoms with Crippen LogP contribution < -0.4 is 5.56 Å². The van der Waals surface area contributed by atoms with Crippen LogP contribution in [0.15, 0.2) is 29.1 Å². The molecule has 2 aromatic heterocycles. The molecule has 0 saturated carbocycles. The van der Waals surface area contributed by atoms with Crippen LogP contribution in [0.5, 0.6) is 0 Å². The third-order valence-electron chi connectivity index (χ3n) is 5.81. The van der Waals surface area contributed by atoms with E-state index in [2.05, 4.69) is 17.2 Å². The van der Waals surface area contributed by atoms with Gasteiger partial charge in [0.2, 0.25) is 0 Å². The van der Waals surface area contributed by atoms with E-state index in [0.29, 0.717) is 40.2 Å². The number of carbonyl (C=O) groups excluding carboxylic acids is 2.